The molecule has 1 unspecified atom stereocenters. The second kappa shape index (κ2) is 5.25. The van der Waals surface area contributed by atoms with Gasteiger partial charge in [-0.25, -0.2) is 0 Å². The molecule has 0 bridgehead atoms. The Balaban J connectivity index is 2.08. The van der Waals surface area contributed by atoms with Crippen molar-refractivity contribution in [1.82, 2.24) is 0 Å². The van der Waals surface area contributed by atoms with Gasteiger partial charge >= 0.3 is 0 Å². The lowest BCUT2D eigenvalue weighted by atomic mass is 10.0. The smallest absolute Gasteiger partial charge is 0.110 e. The van der Waals surface area contributed by atoms with Gasteiger partial charge in [0.05, 0.1) is 17.9 Å². The number of nitriles is 1. The Kier molecular flexibility index (Phi) is 3.70. The van der Waals surface area contributed by atoms with Crippen LogP contribution in [0.5, 0.6) is 0 Å². The Morgan fingerprint density at radius 3 is 3.06 bits per heavy atom. The van der Waals surface area contributed by atoms with E-state index in [0.29, 0.717) is 31.0 Å². The lowest BCUT2D eigenvalue weighted by molar-refractivity contribution is -0.00620. The first-order chi connectivity index (χ1) is 8.69. The van der Waals surface area contributed by atoms with Gasteiger partial charge in [-0.2, -0.15) is 5.26 Å². The lowest BCUT2D eigenvalue weighted by Crippen LogP contribution is -2.39. The fourth-order valence-electron chi connectivity index (χ4n) is 2.03. The summed E-state index contributed by atoms with van der Waals surface area (Å²) in [6.07, 6.45) is 0.855. The Labute approximate surface area is 106 Å². The molecule has 1 aliphatic rings. The summed E-state index contributed by atoms with van der Waals surface area (Å²) in [7, 11) is 1.69. The van der Waals surface area contributed by atoms with Gasteiger partial charge in [0.15, 0.2) is 0 Å². The molecule has 1 heterocycles. The summed E-state index contributed by atoms with van der Waals surface area (Å²) in [5, 5.41) is 12.3. The minimum atomic E-state index is -0.298. The van der Waals surface area contributed by atoms with E-state index in [-0.39, 0.29) is 5.60 Å². The van der Waals surface area contributed by atoms with Gasteiger partial charge in [-0.3, -0.25) is 0 Å². The third kappa shape index (κ3) is 2.55. The largest absolute Gasteiger partial charge is 0.399 e. The summed E-state index contributed by atoms with van der Waals surface area (Å²) in [6, 6.07) is 7.37. The van der Waals surface area contributed by atoms with E-state index < -0.39 is 0 Å². The molecule has 0 spiro atoms. The lowest BCUT2D eigenvalue weighted by Gasteiger charge is -2.26. The van der Waals surface area contributed by atoms with Crippen molar-refractivity contribution in [3.8, 4) is 6.07 Å². The third-order valence-corrected chi connectivity index (χ3v) is 3.27. The number of nitrogen functional groups attached to an aromatic ring is 1. The molecule has 1 aliphatic heterocycles. The maximum absolute atomic E-state index is 9.05. The van der Waals surface area contributed by atoms with E-state index in [0.717, 1.165) is 12.1 Å². The molecule has 1 aromatic carbocycles. The number of nitrogens with two attached hydrogens (primary N) is 1. The standard InChI is InChI=1S/C13H17N3O2/c1-17-13(4-5-18-9-13)8-16-12-3-2-11(15)6-10(12)7-14/h2-3,6,16H,4-5,8-9,15H2,1H3. The normalized spacial score (nSPS) is 22.7. The Hall–Kier alpha value is -1.77. The van der Waals surface area contributed by atoms with Gasteiger partial charge in [0.1, 0.15) is 11.7 Å². The number of benzene rings is 1. The van der Waals surface area contributed by atoms with Crippen molar-refractivity contribution < 1.29 is 9.47 Å². The number of nitrogens with zero attached hydrogens (tertiary/aromatic N) is 1. The van der Waals surface area contributed by atoms with Crippen LogP contribution in [0.25, 0.3) is 0 Å². The first kappa shape index (κ1) is 12.7. The minimum Gasteiger partial charge on any atom is -0.399 e. The summed E-state index contributed by atoms with van der Waals surface area (Å²) >= 11 is 0. The van der Waals surface area contributed by atoms with E-state index in [4.69, 9.17) is 20.5 Å². The van der Waals surface area contributed by atoms with Crippen LogP contribution in [-0.4, -0.2) is 32.5 Å². The monoisotopic (exact) mass is 247 g/mol. The van der Waals surface area contributed by atoms with E-state index in [2.05, 4.69) is 11.4 Å². The van der Waals surface area contributed by atoms with Crippen molar-refractivity contribution in [2.45, 2.75) is 12.0 Å². The van der Waals surface area contributed by atoms with Crippen molar-refractivity contribution in [1.29, 1.82) is 5.26 Å². The predicted octanol–water partition coefficient (Wildman–Crippen LogP) is 1.36. The van der Waals surface area contributed by atoms with Crippen molar-refractivity contribution >= 4 is 11.4 Å². The van der Waals surface area contributed by atoms with Gasteiger partial charge in [0.25, 0.3) is 0 Å². The van der Waals surface area contributed by atoms with Crippen LogP contribution in [-0.2, 0) is 9.47 Å². The predicted molar refractivity (Wildman–Crippen MR) is 69.2 cm³/mol. The molecule has 96 valence electrons. The average Bonchev–Trinajstić information content (AvgIpc) is 2.86. The zero-order valence-corrected chi connectivity index (χ0v) is 10.4. The van der Waals surface area contributed by atoms with Gasteiger partial charge in [-0.1, -0.05) is 0 Å². The second-order valence-electron chi connectivity index (χ2n) is 4.46. The topological polar surface area (TPSA) is 80.3 Å². The highest BCUT2D eigenvalue weighted by molar-refractivity contribution is 5.63. The fourth-order valence-corrected chi connectivity index (χ4v) is 2.03. The summed E-state index contributed by atoms with van der Waals surface area (Å²) in [4.78, 5) is 0. The minimum absolute atomic E-state index is 0.298. The molecule has 3 N–H and O–H groups in total. The van der Waals surface area contributed by atoms with Crippen LogP contribution in [0.15, 0.2) is 18.2 Å². The number of rotatable bonds is 4. The average molecular weight is 247 g/mol. The first-order valence-corrected chi connectivity index (χ1v) is 5.85. The van der Waals surface area contributed by atoms with Crippen molar-refractivity contribution in [3.63, 3.8) is 0 Å². The summed E-state index contributed by atoms with van der Waals surface area (Å²) in [5.74, 6) is 0. The van der Waals surface area contributed by atoms with E-state index in [9.17, 15) is 0 Å². The Morgan fingerprint density at radius 1 is 1.61 bits per heavy atom. The van der Waals surface area contributed by atoms with Gasteiger partial charge in [-0.15, -0.1) is 0 Å². The molecule has 2 rings (SSSR count). The van der Waals surface area contributed by atoms with Crippen LogP contribution < -0.4 is 11.1 Å². The molecule has 0 aromatic heterocycles. The molecule has 1 fully saturated rings. The SMILES string of the molecule is COC1(CNc2ccc(N)cc2C#N)CCOC1. The van der Waals surface area contributed by atoms with E-state index >= 15 is 0 Å². The van der Waals surface area contributed by atoms with Crippen LogP contribution in [0.1, 0.15) is 12.0 Å². The highest BCUT2D eigenvalue weighted by Crippen LogP contribution is 2.25. The van der Waals surface area contributed by atoms with Crippen LogP contribution >= 0.6 is 0 Å². The molecule has 1 atom stereocenters. The maximum Gasteiger partial charge on any atom is 0.110 e. The molecular formula is C13H17N3O2. The molecule has 18 heavy (non-hydrogen) atoms. The van der Waals surface area contributed by atoms with Crippen LogP contribution in [0, 0.1) is 11.3 Å². The molecule has 5 nitrogen and oxygen atoms in total. The summed E-state index contributed by atoms with van der Waals surface area (Å²) in [6.45, 7) is 1.90. The van der Waals surface area contributed by atoms with Crippen molar-refractivity contribution in [2.75, 3.05) is 37.9 Å². The molecule has 1 aromatic rings. The molecule has 1 saturated heterocycles. The van der Waals surface area contributed by atoms with Crippen molar-refractivity contribution in [3.05, 3.63) is 23.8 Å². The van der Waals surface area contributed by atoms with Gasteiger partial charge in [0.2, 0.25) is 0 Å². The molecular weight excluding hydrogens is 230 g/mol. The Bertz CT molecular complexity index is 462. The molecule has 0 saturated carbocycles. The molecule has 0 amide bonds. The van der Waals surface area contributed by atoms with E-state index in [1.165, 1.54) is 0 Å². The number of methoxy groups -OCH3 is 1. The summed E-state index contributed by atoms with van der Waals surface area (Å²) in [5.41, 5.74) is 7.25. The number of nitrogens with one attached hydrogen (secondary N) is 1. The third-order valence-electron chi connectivity index (χ3n) is 3.27. The van der Waals surface area contributed by atoms with E-state index in [1.807, 2.05) is 6.07 Å². The Morgan fingerprint density at radius 2 is 2.44 bits per heavy atom. The van der Waals surface area contributed by atoms with Gasteiger partial charge in [0, 0.05) is 32.4 Å². The number of ether oxygens (including phenoxy) is 2. The van der Waals surface area contributed by atoms with Crippen LogP contribution in [0.3, 0.4) is 0 Å². The number of hydrogen-bond donors (Lipinski definition) is 2. The van der Waals surface area contributed by atoms with Crippen LogP contribution in [0.2, 0.25) is 0 Å². The number of anilines is 2. The molecule has 0 radical (unpaired) electrons. The first-order valence-electron chi connectivity index (χ1n) is 5.85. The second-order valence-corrected chi connectivity index (χ2v) is 4.46. The highest BCUT2D eigenvalue weighted by atomic mass is 16.5. The zero-order chi connectivity index (χ0) is 13.0. The van der Waals surface area contributed by atoms with Gasteiger partial charge < -0.3 is 20.5 Å². The highest BCUT2D eigenvalue weighted by Gasteiger charge is 2.34. The zero-order valence-electron chi connectivity index (χ0n) is 10.4. The van der Waals surface area contributed by atoms with Crippen LogP contribution in [0.4, 0.5) is 11.4 Å². The summed E-state index contributed by atoms with van der Waals surface area (Å²) < 4.78 is 10.9. The van der Waals surface area contributed by atoms with Gasteiger partial charge in [-0.05, 0) is 18.2 Å². The van der Waals surface area contributed by atoms with Crippen molar-refractivity contribution in [2.24, 2.45) is 0 Å². The number of hydrogen-bond acceptors (Lipinski definition) is 5. The molecule has 5 heteroatoms. The maximum atomic E-state index is 9.05. The van der Waals surface area contributed by atoms with E-state index in [1.54, 1.807) is 19.2 Å². The fraction of sp³-hybridized carbons (Fsp3) is 0.462. The quantitative estimate of drug-likeness (QED) is 0.785. The molecule has 0 aliphatic carbocycles.